The van der Waals surface area contributed by atoms with Gasteiger partial charge < -0.3 is 14.2 Å². The van der Waals surface area contributed by atoms with Gasteiger partial charge in [0.25, 0.3) is 0 Å². The number of ether oxygens (including phenoxy) is 3. The van der Waals surface area contributed by atoms with Gasteiger partial charge in [-0.2, -0.15) is 0 Å². The molecule has 1 aromatic heterocycles. The van der Waals surface area contributed by atoms with Crippen LogP contribution in [-0.4, -0.2) is 45.6 Å². The van der Waals surface area contributed by atoms with E-state index in [2.05, 4.69) is 4.98 Å². The first-order valence-corrected chi connectivity index (χ1v) is 9.92. The number of aromatic nitrogens is 2. The second-order valence-corrected chi connectivity index (χ2v) is 7.82. The quantitative estimate of drug-likeness (QED) is 0.646. The highest BCUT2D eigenvalue weighted by atomic mass is 32.2. The zero-order valence-electron chi connectivity index (χ0n) is 15.5. The van der Waals surface area contributed by atoms with Crippen molar-refractivity contribution in [1.82, 2.24) is 9.55 Å². The Bertz CT molecular complexity index is 1030. The van der Waals surface area contributed by atoms with Crippen molar-refractivity contribution >= 4 is 9.84 Å². The minimum absolute atomic E-state index is 0.265. The first-order valence-electron chi connectivity index (χ1n) is 8.03. The summed E-state index contributed by atoms with van der Waals surface area (Å²) in [5, 5.41) is 0. The lowest BCUT2D eigenvalue weighted by molar-refractivity contribution is 0.324. The average Bonchev–Trinajstić information content (AvgIpc) is 3.16. The van der Waals surface area contributed by atoms with Gasteiger partial charge in [0.2, 0.25) is 5.75 Å². The third kappa shape index (κ3) is 3.61. The predicted octanol–water partition coefficient (Wildman–Crippen LogP) is 2.97. The van der Waals surface area contributed by atoms with E-state index < -0.39 is 9.84 Å². The van der Waals surface area contributed by atoms with Gasteiger partial charge in [-0.15, -0.1) is 0 Å². The van der Waals surface area contributed by atoms with E-state index in [0.29, 0.717) is 23.1 Å². The largest absolute Gasteiger partial charge is 0.493 e. The zero-order chi connectivity index (χ0) is 19.6. The summed E-state index contributed by atoms with van der Waals surface area (Å²) < 4.78 is 41.3. The summed E-state index contributed by atoms with van der Waals surface area (Å²) in [6.45, 7) is 0. The molecular formula is C19H20N2O5S. The Balaban J connectivity index is 2.10. The number of rotatable bonds is 6. The van der Waals surface area contributed by atoms with Crippen LogP contribution in [0, 0.1) is 0 Å². The van der Waals surface area contributed by atoms with Crippen LogP contribution in [0.2, 0.25) is 0 Å². The topological polar surface area (TPSA) is 79.7 Å². The van der Waals surface area contributed by atoms with Crippen LogP contribution < -0.4 is 14.2 Å². The van der Waals surface area contributed by atoms with Gasteiger partial charge in [0.05, 0.1) is 26.2 Å². The van der Waals surface area contributed by atoms with Gasteiger partial charge in [-0.3, -0.25) is 4.57 Å². The van der Waals surface area contributed by atoms with Gasteiger partial charge in [-0.05, 0) is 36.4 Å². The van der Waals surface area contributed by atoms with Crippen LogP contribution in [-0.2, 0) is 9.84 Å². The van der Waals surface area contributed by atoms with Crippen molar-refractivity contribution in [3.05, 3.63) is 48.8 Å². The van der Waals surface area contributed by atoms with Gasteiger partial charge in [-0.25, -0.2) is 13.4 Å². The van der Waals surface area contributed by atoms with E-state index in [-0.39, 0.29) is 4.90 Å². The third-order valence-corrected chi connectivity index (χ3v) is 5.24. The monoisotopic (exact) mass is 388 g/mol. The molecule has 0 bridgehead atoms. The highest BCUT2D eigenvalue weighted by molar-refractivity contribution is 7.90. The molecule has 0 unspecified atom stereocenters. The average molecular weight is 388 g/mol. The molecule has 0 radical (unpaired) electrons. The number of nitrogens with zero attached hydrogens (tertiary/aromatic N) is 2. The Labute approximate surface area is 158 Å². The number of sulfone groups is 1. The second-order valence-electron chi connectivity index (χ2n) is 5.80. The van der Waals surface area contributed by atoms with Crippen molar-refractivity contribution in [2.45, 2.75) is 4.90 Å². The molecule has 1 heterocycles. The first-order chi connectivity index (χ1) is 12.9. The standard InChI is InChI=1S/C19H20N2O5S/c1-24-16-11-13(12-17(25-2)18(16)26-3)19-20-9-10-21(19)14-5-7-15(8-6-14)27(4,22)23/h5-12H,1-4H3. The van der Waals surface area contributed by atoms with Crippen LogP contribution in [0.25, 0.3) is 17.1 Å². The van der Waals surface area contributed by atoms with Crippen LogP contribution in [0.3, 0.4) is 0 Å². The lowest BCUT2D eigenvalue weighted by Crippen LogP contribution is -2.01. The molecule has 0 aliphatic heterocycles. The van der Waals surface area contributed by atoms with E-state index in [4.69, 9.17) is 14.2 Å². The van der Waals surface area contributed by atoms with Crippen molar-refractivity contribution in [1.29, 1.82) is 0 Å². The molecule has 0 amide bonds. The third-order valence-electron chi connectivity index (χ3n) is 4.11. The van der Waals surface area contributed by atoms with Crippen LogP contribution in [0.5, 0.6) is 17.2 Å². The number of benzene rings is 2. The molecule has 0 spiro atoms. The smallest absolute Gasteiger partial charge is 0.203 e. The molecule has 27 heavy (non-hydrogen) atoms. The molecule has 0 saturated heterocycles. The minimum Gasteiger partial charge on any atom is -0.493 e. The van der Waals surface area contributed by atoms with Gasteiger partial charge >= 0.3 is 0 Å². The van der Waals surface area contributed by atoms with E-state index in [1.807, 2.05) is 16.7 Å². The van der Waals surface area contributed by atoms with Gasteiger partial charge in [-0.1, -0.05) is 0 Å². The van der Waals surface area contributed by atoms with E-state index in [9.17, 15) is 8.42 Å². The SMILES string of the molecule is COc1cc(-c2nccn2-c2ccc(S(C)(=O)=O)cc2)cc(OC)c1OC. The summed E-state index contributed by atoms with van der Waals surface area (Å²) in [6.07, 6.45) is 4.65. The van der Waals surface area contributed by atoms with Crippen molar-refractivity contribution in [3.8, 4) is 34.3 Å². The summed E-state index contributed by atoms with van der Waals surface area (Å²) in [5.74, 6) is 2.20. The molecule has 0 fully saturated rings. The molecule has 0 aliphatic rings. The lowest BCUT2D eigenvalue weighted by Gasteiger charge is -2.15. The zero-order valence-corrected chi connectivity index (χ0v) is 16.3. The second kappa shape index (κ2) is 7.32. The fourth-order valence-corrected chi connectivity index (χ4v) is 3.42. The summed E-state index contributed by atoms with van der Waals surface area (Å²) >= 11 is 0. The maximum Gasteiger partial charge on any atom is 0.203 e. The van der Waals surface area contributed by atoms with Crippen molar-refractivity contribution in [2.24, 2.45) is 0 Å². The molecule has 0 aliphatic carbocycles. The van der Waals surface area contributed by atoms with Crippen molar-refractivity contribution in [3.63, 3.8) is 0 Å². The van der Waals surface area contributed by atoms with Gasteiger partial charge in [0.1, 0.15) is 5.82 Å². The first kappa shape index (κ1) is 18.8. The molecule has 8 heteroatoms. The Morgan fingerprint density at radius 2 is 1.52 bits per heavy atom. The Morgan fingerprint density at radius 1 is 0.926 bits per heavy atom. The molecule has 3 rings (SSSR count). The molecule has 7 nitrogen and oxygen atoms in total. The van der Waals surface area contributed by atoms with Gasteiger partial charge in [0.15, 0.2) is 21.3 Å². The van der Waals surface area contributed by atoms with Crippen LogP contribution in [0.1, 0.15) is 0 Å². The molecule has 3 aromatic rings. The summed E-state index contributed by atoms with van der Waals surface area (Å²) in [4.78, 5) is 4.70. The lowest BCUT2D eigenvalue weighted by atomic mass is 10.1. The summed E-state index contributed by atoms with van der Waals surface area (Å²) in [5.41, 5.74) is 1.55. The van der Waals surface area contributed by atoms with E-state index in [1.54, 1.807) is 58.0 Å². The number of hydrogen-bond acceptors (Lipinski definition) is 6. The molecular weight excluding hydrogens is 368 g/mol. The number of methoxy groups -OCH3 is 3. The van der Waals surface area contributed by atoms with Crippen molar-refractivity contribution < 1.29 is 22.6 Å². The molecule has 0 saturated carbocycles. The van der Waals surface area contributed by atoms with Gasteiger partial charge in [0, 0.05) is 29.9 Å². The summed E-state index contributed by atoms with van der Waals surface area (Å²) in [6, 6.07) is 10.2. The Kier molecular flexibility index (Phi) is 5.09. The number of hydrogen-bond donors (Lipinski definition) is 0. The molecule has 2 aromatic carbocycles. The maximum absolute atomic E-state index is 11.7. The van der Waals surface area contributed by atoms with E-state index >= 15 is 0 Å². The minimum atomic E-state index is -3.25. The predicted molar refractivity (Wildman–Crippen MR) is 102 cm³/mol. The van der Waals surface area contributed by atoms with E-state index in [0.717, 1.165) is 11.3 Å². The van der Waals surface area contributed by atoms with Crippen LogP contribution in [0.4, 0.5) is 0 Å². The summed E-state index contributed by atoms with van der Waals surface area (Å²) in [7, 11) is 1.40. The highest BCUT2D eigenvalue weighted by Crippen LogP contribution is 2.41. The Morgan fingerprint density at radius 3 is 2.00 bits per heavy atom. The highest BCUT2D eigenvalue weighted by Gasteiger charge is 2.17. The fraction of sp³-hybridized carbons (Fsp3) is 0.211. The molecule has 142 valence electrons. The fourth-order valence-electron chi connectivity index (χ4n) is 2.79. The van der Waals surface area contributed by atoms with Crippen LogP contribution >= 0.6 is 0 Å². The van der Waals surface area contributed by atoms with Crippen molar-refractivity contribution in [2.75, 3.05) is 27.6 Å². The number of imidazole rings is 1. The van der Waals surface area contributed by atoms with Crippen LogP contribution in [0.15, 0.2) is 53.7 Å². The molecule has 0 atom stereocenters. The maximum atomic E-state index is 11.7. The molecule has 0 N–H and O–H groups in total. The normalized spacial score (nSPS) is 11.3. The Hall–Kier alpha value is -3.00. The van der Waals surface area contributed by atoms with E-state index in [1.165, 1.54) is 6.26 Å².